The van der Waals surface area contributed by atoms with Gasteiger partial charge in [-0.05, 0) is 98.7 Å². The van der Waals surface area contributed by atoms with Gasteiger partial charge in [-0.2, -0.15) is 0 Å². The van der Waals surface area contributed by atoms with E-state index in [4.69, 9.17) is 0 Å². The third-order valence-electron chi connectivity index (χ3n) is 10.2. The van der Waals surface area contributed by atoms with E-state index < -0.39 is 0 Å². The fourth-order valence-corrected chi connectivity index (χ4v) is 7.87. The average molecular weight is 469 g/mol. The van der Waals surface area contributed by atoms with Crippen molar-refractivity contribution in [1.29, 1.82) is 0 Å². The Balaban J connectivity index is 0.000000618. The van der Waals surface area contributed by atoms with Gasteiger partial charge in [-0.1, -0.05) is 117 Å². The molecule has 0 radical (unpaired) electrons. The Hall–Kier alpha value is -0.780. The van der Waals surface area contributed by atoms with Crippen LogP contribution in [0.5, 0.6) is 0 Å². The second-order valence-corrected chi connectivity index (χ2v) is 12.4. The summed E-state index contributed by atoms with van der Waals surface area (Å²) in [7, 11) is 0. The maximum Gasteiger partial charge on any atom is -0.00481 e. The molecule has 2 saturated carbocycles. The fourth-order valence-electron chi connectivity index (χ4n) is 7.87. The molecule has 6 atom stereocenters. The molecule has 6 unspecified atom stereocenters. The van der Waals surface area contributed by atoms with E-state index >= 15 is 0 Å². The molecule has 0 aromatic heterocycles. The zero-order valence-corrected chi connectivity index (χ0v) is 24.6. The van der Waals surface area contributed by atoms with Crippen molar-refractivity contribution in [2.75, 3.05) is 0 Å². The first kappa shape index (κ1) is 29.5. The molecule has 0 aromatic carbocycles. The van der Waals surface area contributed by atoms with Gasteiger partial charge in [-0.3, -0.25) is 0 Å². The van der Waals surface area contributed by atoms with Gasteiger partial charge < -0.3 is 0 Å². The molecule has 4 rings (SSSR count). The van der Waals surface area contributed by atoms with Crippen LogP contribution in [-0.4, -0.2) is 0 Å². The molecule has 0 nitrogen and oxygen atoms in total. The van der Waals surface area contributed by atoms with E-state index in [2.05, 4.69) is 54.7 Å². The summed E-state index contributed by atoms with van der Waals surface area (Å²) in [5, 5.41) is 0. The lowest BCUT2D eigenvalue weighted by Gasteiger charge is -2.52. The van der Waals surface area contributed by atoms with E-state index in [0.717, 1.165) is 29.6 Å². The molecule has 2 fully saturated rings. The van der Waals surface area contributed by atoms with Crippen LogP contribution < -0.4 is 0 Å². The molecule has 4 aliphatic rings. The van der Waals surface area contributed by atoms with Crippen LogP contribution in [-0.2, 0) is 0 Å². The van der Waals surface area contributed by atoms with Crippen LogP contribution in [0.15, 0.2) is 35.5 Å². The molecule has 0 heterocycles. The summed E-state index contributed by atoms with van der Waals surface area (Å²) in [6.07, 6.45) is 18.0. The van der Waals surface area contributed by atoms with Gasteiger partial charge in [-0.15, -0.1) is 0 Å². The zero-order chi connectivity index (χ0) is 25.5. The smallest absolute Gasteiger partial charge is 0.00481 e. The fraction of sp³-hybridized carbons (Fsp3) is 0.824. The Morgan fingerprint density at radius 1 is 1.00 bits per heavy atom. The van der Waals surface area contributed by atoms with Crippen LogP contribution in [0.25, 0.3) is 0 Å². The minimum absolute atomic E-state index is 0.465. The standard InChI is InChI=1S/C28H44.C4H10.C2H6/c1-18(2)19(3)10-11-20(4)22-12-13-24-23(22)14-15-27-25(24)17-21(5)26-9-7-8-16-28(26,27)6;1-3-4-2;1-2/h18,20,22-24,26H,3,5,7-17H2,1-2,4,6H3;3-4H2,1-2H3;1-2H3. The summed E-state index contributed by atoms with van der Waals surface area (Å²) in [4.78, 5) is 0. The van der Waals surface area contributed by atoms with Crippen molar-refractivity contribution >= 4 is 0 Å². The first-order valence-electron chi connectivity index (χ1n) is 15.3. The Labute approximate surface area is 215 Å². The molecule has 0 aromatic rings. The Bertz CT molecular complexity index is 689. The Morgan fingerprint density at radius 2 is 1.68 bits per heavy atom. The number of rotatable bonds is 6. The number of hydrogen-bond donors (Lipinski definition) is 0. The van der Waals surface area contributed by atoms with Crippen LogP contribution in [0.4, 0.5) is 0 Å². The highest BCUT2D eigenvalue weighted by atomic mass is 14.6. The minimum Gasteiger partial charge on any atom is -0.0996 e. The van der Waals surface area contributed by atoms with E-state index in [0.29, 0.717) is 11.3 Å². The quantitative estimate of drug-likeness (QED) is 0.340. The second kappa shape index (κ2) is 13.5. The highest BCUT2D eigenvalue weighted by Gasteiger charge is 2.51. The summed E-state index contributed by atoms with van der Waals surface area (Å²) in [5.74, 6) is 5.08. The minimum atomic E-state index is 0.465. The van der Waals surface area contributed by atoms with Gasteiger partial charge in [0.2, 0.25) is 0 Å². The van der Waals surface area contributed by atoms with Gasteiger partial charge in [0, 0.05) is 0 Å². The summed E-state index contributed by atoms with van der Waals surface area (Å²) in [6.45, 7) is 27.1. The highest BCUT2D eigenvalue weighted by Crippen LogP contribution is 2.62. The first-order valence-corrected chi connectivity index (χ1v) is 15.3. The molecule has 0 heteroatoms. The lowest BCUT2D eigenvalue weighted by atomic mass is 9.52. The molecule has 34 heavy (non-hydrogen) atoms. The third-order valence-corrected chi connectivity index (χ3v) is 10.2. The summed E-state index contributed by atoms with van der Waals surface area (Å²) >= 11 is 0. The first-order chi connectivity index (χ1) is 16.2. The van der Waals surface area contributed by atoms with Crippen LogP contribution in [0.2, 0.25) is 0 Å². The van der Waals surface area contributed by atoms with Crippen molar-refractivity contribution < 1.29 is 0 Å². The van der Waals surface area contributed by atoms with Crippen molar-refractivity contribution in [3.63, 3.8) is 0 Å². The van der Waals surface area contributed by atoms with Gasteiger partial charge >= 0.3 is 0 Å². The maximum absolute atomic E-state index is 4.62. The van der Waals surface area contributed by atoms with Gasteiger partial charge in [0.15, 0.2) is 0 Å². The van der Waals surface area contributed by atoms with Crippen molar-refractivity contribution in [1.82, 2.24) is 0 Å². The molecular formula is C34H60. The molecule has 196 valence electrons. The SMILES string of the molecule is C=C(CCC(C)C1CCC2C3=C(CCC21)C1(C)CCCCC1C(=C)C3)C(C)C.CC.CCCC. The number of allylic oxidation sites excluding steroid dienone is 4. The summed E-state index contributed by atoms with van der Waals surface area (Å²) in [6, 6.07) is 0. The summed E-state index contributed by atoms with van der Waals surface area (Å²) in [5.41, 5.74) is 7.32. The van der Waals surface area contributed by atoms with E-state index in [9.17, 15) is 0 Å². The van der Waals surface area contributed by atoms with Crippen molar-refractivity contribution in [2.45, 2.75) is 139 Å². The van der Waals surface area contributed by atoms with Gasteiger partial charge in [0.05, 0.1) is 0 Å². The lowest BCUT2D eigenvalue weighted by molar-refractivity contribution is 0.142. The van der Waals surface area contributed by atoms with Gasteiger partial charge in [-0.25, -0.2) is 0 Å². The summed E-state index contributed by atoms with van der Waals surface area (Å²) < 4.78 is 0. The Morgan fingerprint density at radius 3 is 2.29 bits per heavy atom. The number of unbranched alkanes of at least 4 members (excludes halogenated alkanes) is 1. The molecule has 0 amide bonds. The highest BCUT2D eigenvalue weighted by molar-refractivity contribution is 5.39. The molecule has 0 N–H and O–H groups in total. The van der Waals surface area contributed by atoms with Crippen LogP contribution >= 0.6 is 0 Å². The molecule has 0 spiro atoms. The van der Waals surface area contributed by atoms with E-state index in [1.54, 1.807) is 5.57 Å². The predicted octanol–water partition coefficient (Wildman–Crippen LogP) is 11.3. The van der Waals surface area contributed by atoms with E-state index in [-0.39, 0.29) is 0 Å². The largest absolute Gasteiger partial charge is 0.0996 e. The topological polar surface area (TPSA) is 0 Å². The molecule has 0 saturated heterocycles. The number of fused-ring (bicyclic) bond motifs is 4. The van der Waals surface area contributed by atoms with Gasteiger partial charge in [0.1, 0.15) is 0 Å². The maximum atomic E-state index is 4.62. The van der Waals surface area contributed by atoms with Gasteiger partial charge in [0.25, 0.3) is 0 Å². The second-order valence-electron chi connectivity index (χ2n) is 12.4. The Kier molecular flexibility index (Phi) is 11.7. The van der Waals surface area contributed by atoms with Crippen LogP contribution in [0.3, 0.4) is 0 Å². The molecular weight excluding hydrogens is 408 g/mol. The molecule has 0 bridgehead atoms. The monoisotopic (exact) mass is 468 g/mol. The van der Waals surface area contributed by atoms with E-state index in [1.165, 1.54) is 89.0 Å². The lowest BCUT2D eigenvalue weighted by Crippen LogP contribution is -2.41. The van der Waals surface area contributed by atoms with Crippen molar-refractivity contribution in [3.05, 3.63) is 35.5 Å². The average Bonchev–Trinajstić information content (AvgIpc) is 3.28. The van der Waals surface area contributed by atoms with Crippen LogP contribution in [0.1, 0.15) is 139 Å². The normalized spacial score (nSPS) is 33.0. The van der Waals surface area contributed by atoms with Crippen LogP contribution in [0, 0.1) is 40.9 Å². The molecule has 4 aliphatic carbocycles. The van der Waals surface area contributed by atoms with Crippen molar-refractivity contribution in [2.24, 2.45) is 40.9 Å². The zero-order valence-electron chi connectivity index (χ0n) is 24.6. The third kappa shape index (κ3) is 6.31. The predicted molar refractivity (Wildman–Crippen MR) is 154 cm³/mol. The van der Waals surface area contributed by atoms with Crippen molar-refractivity contribution in [3.8, 4) is 0 Å². The molecule has 0 aliphatic heterocycles. The number of hydrogen-bond acceptors (Lipinski definition) is 0. The van der Waals surface area contributed by atoms with E-state index in [1.807, 2.05) is 25.0 Å².